The third-order valence-corrected chi connectivity index (χ3v) is 3.34. The second-order valence-electron chi connectivity index (χ2n) is 4.57. The Morgan fingerprint density at radius 2 is 2.47 bits per heavy atom. The molecule has 1 N–H and O–H groups in total. The number of hydrogen-bond donors (Lipinski definition) is 1. The Morgan fingerprint density at radius 3 is 3.06 bits per heavy atom. The number of aromatic nitrogens is 3. The van der Waals surface area contributed by atoms with Crippen LogP contribution in [0.1, 0.15) is 32.0 Å². The highest BCUT2D eigenvalue weighted by molar-refractivity contribution is 4.92. The molecule has 1 aliphatic heterocycles. The molecule has 0 radical (unpaired) electrons. The van der Waals surface area contributed by atoms with E-state index in [-0.39, 0.29) is 0 Å². The molecule has 1 saturated heterocycles. The van der Waals surface area contributed by atoms with E-state index in [1.807, 2.05) is 11.7 Å². The minimum absolute atomic E-state index is 0.320. The fraction of sp³-hybridized carbons (Fsp3) is 0.833. The second-order valence-corrected chi connectivity index (χ2v) is 4.57. The highest BCUT2D eigenvalue weighted by atomic mass is 16.5. The molecule has 96 valence electrons. The number of nitrogens with zero attached hydrogens (tertiary/aromatic N) is 3. The lowest BCUT2D eigenvalue weighted by Gasteiger charge is -2.30. The molecule has 0 spiro atoms. The van der Waals surface area contributed by atoms with Gasteiger partial charge < -0.3 is 10.1 Å². The maximum Gasteiger partial charge on any atom is 0.138 e. The Hall–Kier alpha value is -0.940. The molecule has 5 nitrogen and oxygen atoms in total. The first-order chi connectivity index (χ1) is 8.31. The first kappa shape index (κ1) is 12.5. The first-order valence-electron chi connectivity index (χ1n) is 6.49. The number of ether oxygens (including phenoxy) is 1. The molecule has 0 bridgehead atoms. The highest BCUT2D eigenvalue weighted by Crippen LogP contribution is 2.18. The Morgan fingerprint density at radius 1 is 1.59 bits per heavy atom. The molecule has 5 heteroatoms. The summed E-state index contributed by atoms with van der Waals surface area (Å²) < 4.78 is 7.70. The van der Waals surface area contributed by atoms with Gasteiger partial charge in [0.2, 0.25) is 0 Å². The van der Waals surface area contributed by atoms with Crippen molar-refractivity contribution in [1.82, 2.24) is 20.1 Å². The van der Waals surface area contributed by atoms with Crippen LogP contribution in [0.4, 0.5) is 0 Å². The van der Waals surface area contributed by atoms with Crippen LogP contribution in [0.3, 0.4) is 0 Å². The van der Waals surface area contributed by atoms with Crippen molar-refractivity contribution in [2.45, 2.75) is 44.8 Å². The summed E-state index contributed by atoms with van der Waals surface area (Å²) in [6, 6.07) is 0.350. The van der Waals surface area contributed by atoms with Crippen LogP contribution in [0, 0.1) is 0 Å². The zero-order chi connectivity index (χ0) is 12.1. The lowest BCUT2D eigenvalue weighted by atomic mass is 9.99. The van der Waals surface area contributed by atoms with Crippen molar-refractivity contribution in [3.63, 3.8) is 0 Å². The first-order valence-corrected chi connectivity index (χ1v) is 6.49. The maximum atomic E-state index is 5.86. The second kappa shape index (κ2) is 6.12. The van der Waals surface area contributed by atoms with Crippen LogP contribution in [0.5, 0.6) is 0 Å². The van der Waals surface area contributed by atoms with Crippen LogP contribution >= 0.6 is 0 Å². The quantitative estimate of drug-likeness (QED) is 0.828. The van der Waals surface area contributed by atoms with E-state index < -0.39 is 0 Å². The third kappa shape index (κ3) is 3.26. The zero-order valence-corrected chi connectivity index (χ0v) is 10.7. The van der Waals surface area contributed by atoms with Crippen LogP contribution in [0.15, 0.2) is 6.33 Å². The Labute approximate surface area is 103 Å². The average molecular weight is 238 g/mol. The van der Waals surface area contributed by atoms with Crippen LogP contribution < -0.4 is 5.32 Å². The average Bonchev–Trinajstić information content (AvgIpc) is 2.76. The molecule has 0 amide bonds. The molecule has 1 aromatic heterocycles. The van der Waals surface area contributed by atoms with E-state index in [0.717, 1.165) is 31.8 Å². The van der Waals surface area contributed by atoms with E-state index >= 15 is 0 Å². The van der Waals surface area contributed by atoms with Gasteiger partial charge in [0.15, 0.2) is 0 Å². The van der Waals surface area contributed by atoms with Crippen molar-refractivity contribution in [3.05, 3.63) is 12.2 Å². The van der Waals surface area contributed by atoms with Crippen molar-refractivity contribution in [3.8, 4) is 0 Å². The van der Waals surface area contributed by atoms with E-state index in [1.165, 1.54) is 12.8 Å². The van der Waals surface area contributed by atoms with Gasteiger partial charge in [0.1, 0.15) is 12.2 Å². The van der Waals surface area contributed by atoms with Gasteiger partial charge in [-0.2, -0.15) is 5.10 Å². The summed E-state index contributed by atoms with van der Waals surface area (Å²) in [4.78, 5) is 4.29. The van der Waals surface area contributed by atoms with Gasteiger partial charge in [-0.1, -0.05) is 6.92 Å². The molecule has 1 aromatic rings. The van der Waals surface area contributed by atoms with Gasteiger partial charge in [0, 0.05) is 26.1 Å². The smallest absolute Gasteiger partial charge is 0.138 e. The van der Waals surface area contributed by atoms with E-state index in [9.17, 15) is 0 Å². The number of aryl methyl sites for hydroxylation is 1. The fourth-order valence-electron chi connectivity index (χ4n) is 2.38. The molecule has 2 atom stereocenters. The summed E-state index contributed by atoms with van der Waals surface area (Å²) in [6.07, 6.45) is 6.43. The van der Waals surface area contributed by atoms with Crippen LogP contribution in [-0.4, -0.2) is 40.1 Å². The summed E-state index contributed by atoms with van der Waals surface area (Å²) in [5.41, 5.74) is 0. The maximum absolute atomic E-state index is 5.86. The molecule has 0 saturated carbocycles. The zero-order valence-electron chi connectivity index (χ0n) is 10.7. The predicted octanol–water partition coefficient (Wildman–Crippen LogP) is 0.905. The van der Waals surface area contributed by atoms with Crippen LogP contribution in [0.25, 0.3) is 0 Å². The van der Waals surface area contributed by atoms with Crippen molar-refractivity contribution >= 4 is 0 Å². The van der Waals surface area contributed by atoms with Crippen LogP contribution in [0.2, 0.25) is 0 Å². The highest BCUT2D eigenvalue weighted by Gasteiger charge is 2.25. The van der Waals surface area contributed by atoms with E-state index in [1.54, 1.807) is 6.33 Å². The molecular weight excluding hydrogens is 216 g/mol. The molecule has 2 unspecified atom stereocenters. The standard InChI is InChI=1S/C12H22N4O/c1-3-13-10(11-6-4-5-7-17-11)8-12-14-9-15-16(12)2/h9-11,13H,3-8H2,1-2H3. The largest absolute Gasteiger partial charge is 0.377 e. The minimum Gasteiger partial charge on any atom is -0.377 e. The monoisotopic (exact) mass is 238 g/mol. The van der Waals surface area contributed by atoms with Crippen LogP contribution in [-0.2, 0) is 18.2 Å². The molecule has 2 heterocycles. The SMILES string of the molecule is CCNC(Cc1ncnn1C)C1CCCCO1. The molecule has 0 aliphatic carbocycles. The molecule has 1 fully saturated rings. The summed E-state index contributed by atoms with van der Waals surface area (Å²) in [6.45, 7) is 3.99. The number of likely N-dealkylation sites (N-methyl/N-ethyl adjacent to an activating group) is 1. The van der Waals surface area contributed by atoms with E-state index in [0.29, 0.717) is 12.1 Å². The molecule has 17 heavy (non-hydrogen) atoms. The van der Waals surface area contributed by atoms with E-state index in [4.69, 9.17) is 4.74 Å². The number of nitrogens with one attached hydrogen (secondary N) is 1. The van der Waals surface area contributed by atoms with Crippen molar-refractivity contribution in [2.24, 2.45) is 7.05 Å². The summed E-state index contributed by atoms with van der Waals surface area (Å²) in [5, 5.41) is 7.62. The minimum atomic E-state index is 0.320. The van der Waals surface area contributed by atoms with Gasteiger partial charge in [-0.15, -0.1) is 0 Å². The summed E-state index contributed by atoms with van der Waals surface area (Å²) in [5.74, 6) is 1.02. The van der Waals surface area contributed by atoms with E-state index in [2.05, 4.69) is 22.3 Å². The van der Waals surface area contributed by atoms with Gasteiger partial charge in [-0.3, -0.25) is 4.68 Å². The molecule has 2 rings (SSSR count). The van der Waals surface area contributed by atoms with Gasteiger partial charge in [0.05, 0.1) is 6.10 Å². The van der Waals surface area contributed by atoms with Crippen molar-refractivity contribution in [1.29, 1.82) is 0 Å². The third-order valence-electron chi connectivity index (χ3n) is 3.34. The van der Waals surface area contributed by atoms with Crippen molar-refractivity contribution < 1.29 is 4.74 Å². The molecule has 1 aliphatic rings. The predicted molar refractivity (Wildman–Crippen MR) is 65.8 cm³/mol. The fourth-order valence-corrected chi connectivity index (χ4v) is 2.38. The summed E-state index contributed by atoms with van der Waals surface area (Å²) >= 11 is 0. The lowest BCUT2D eigenvalue weighted by Crippen LogP contribution is -2.44. The lowest BCUT2D eigenvalue weighted by molar-refractivity contribution is -0.00762. The number of hydrogen-bond acceptors (Lipinski definition) is 4. The Balaban J connectivity index is 1.98. The molecule has 0 aromatic carbocycles. The topological polar surface area (TPSA) is 52.0 Å². The normalized spacial score (nSPS) is 22.6. The number of rotatable bonds is 5. The van der Waals surface area contributed by atoms with Gasteiger partial charge in [-0.25, -0.2) is 4.98 Å². The van der Waals surface area contributed by atoms with Gasteiger partial charge >= 0.3 is 0 Å². The Bertz CT molecular complexity index is 333. The Kier molecular flexibility index (Phi) is 4.50. The van der Waals surface area contributed by atoms with Gasteiger partial charge in [-0.05, 0) is 25.8 Å². The molecular formula is C12H22N4O. The van der Waals surface area contributed by atoms with Gasteiger partial charge in [0.25, 0.3) is 0 Å². The van der Waals surface area contributed by atoms with Crippen molar-refractivity contribution in [2.75, 3.05) is 13.2 Å². The summed E-state index contributed by atoms with van der Waals surface area (Å²) in [7, 11) is 1.94.